The molecule has 146 valence electrons. The van der Waals surface area contributed by atoms with E-state index in [0.29, 0.717) is 45.7 Å². The quantitative estimate of drug-likeness (QED) is 0.304. The van der Waals surface area contributed by atoms with E-state index in [2.05, 4.69) is 15.2 Å². The second kappa shape index (κ2) is 7.27. The Morgan fingerprint density at radius 3 is 2.61 bits per heavy atom. The smallest absolute Gasteiger partial charge is 0.145 e. The van der Waals surface area contributed by atoms with Crippen molar-refractivity contribution in [1.82, 2.24) is 5.16 Å². The molecule has 3 fully saturated rings. The van der Waals surface area contributed by atoms with Gasteiger partial charge in [-0.15, -0.1) is 0 Å². The van der Waals surface area contributed by atoms with Crippen LogP contribution in [0.25, 0.3) is 21.7 Å². The van der Waals surface area contributed by atoms with Gasteiger partial charge in [0.05, 0.1) is 22.8 Å². The molecule has 2 aromatic rings. The van der Waals surface area contributed by atoms with Crippen LogP contribution in [0.4, 0.5) is 0 Å². The first kappa shape index (κ1) is 18.3. The van der Waals surface area contributed by atoms with Gasteiger partial charge in [0.2, 0.25) is 0 Å². The number of hydrogen-bond donors (Lipinski definition) is 0. The summed E-state index contributed by atoms with van der Waals surface area (Å²) in [5.74, 6) is 2.21. The molecule has 0 amide bonds. The molecule has 0 spiro atoms. The number of fused-ring (bicyclic) bond motifs is 2. The van der Waals surface area contributed by atoms with Crippen LogP contribution in [0.1, 0.15) is 49.3 Å². The van der Waals surface area contributed by atoms with Crippen molar-refractivity contribution in [2.75, 3.05) is 0 Å². The zero-order valence-corrected chi connectivity index (χ0v) is 16.7. The summed E-state index contributed by atoms with van der Waals surface area (Å²) >= 11 is 12.8. The first-order valence-corrected chi connectivity index (χ1v) is 10.5. The zero-order chi connectivity index (χ0) is 19.3. The van der Waals surface area contributed by atoms with Crippen molar-refractivity contribution in [1.29, 1.82) is 0 Å². The van der Waals surface area contributed by atoms with Crippen LogP contribution in [0.5, 0.6) is 0 Å². The Hall–Kier alpha value is -1.72. The van der Waals surface area contributed by atoms with E-state index in [1.165, 1.54) is 0 Å². The number of aromatic nitrogens is 1. The summed E-state index contributed by atoms with van der Waals surface area (Å²) in [6.07, 6.45) is 5.35. The minimum Gasteiger partial charge on any atom is -0.373 e. The molecule has 5 rings (SSSR count). The molecule has 28 heavy (non-hydrogen) atoms. The molecule has 1 heterocycles. The molecule has 3 aliphatic rings. The van der Waals surface area contributed by atoms with Crippen LogP contribution >= 0.6 is 23.2 Å². The highest BCUT2D eigenvalue weighted by molar-refractivity contribution is 6.39. The van der Waals surface area contributed by atoms with E-state index in [9.17, 15) is 0 Å². The molecule has 0 radical (unpaired) electrons. The SMILES string of the molecule is [N-]=[N+]=NC1C[C@@H]2C[C@H]1CC2OCc1c(-c2c(Cl)cccc2Cl)noc1C1CC1. The summed E-state index contributed by atoms with van der Waals surface area (Å²) in [4.78, 5) is 2.99. The van der Waals surface area contributed by atoms with Crippen molar-refractivity contribution in [2.24, 2.45) is 17.0 Å². The average Bonchev–Trinajstić information content (AvgIpc) is 3.14. The zero-order valence-electron chi connectivity index (χ0n) is 15.2. The topological polar surface area (TPSA) is 84.0 Å². The van der Waals surface area contributed by atoms with E-state index in [1.54, 1.807) is 0 Å². The van der Waals surface area contributed by atoms with Crippen molar-refractivity contribution < 1.29 is 9.26 Å². The number of benzene rings is 1. The van der Waals surface area contributed by atoms with Gasteiger partial charge in [0.15, 0.2) is 0 Å². The lowest BCUT2D eigenvalue weighted by atomic mass is 9.93. The molecule has 4 atom stereocenters. The molecule has 0 saturated heterocycles. The lowest BCUT2D eigenvalue weighted by Crippen LogP contribution is -2.26. The Morgan fingerprint density at radius 2 is 1.96 bits per heavy atom. The Kier molecular flexibility index (Phi) is 4.76. The maximum atomic E-state index is 8.71. The number of nitrogens with zero attached hydrogens (tertiary/aromatic N) is 4. The lowest BCUT2D eigenvalue weighted by Gasteiger charge is -2.25. The third-order valence-corrected chi connectivity index (χ3v) is 6.99. The molecular formula is C20H20Cl2N4O2. The van der Waals surface area contributed by atoms with Gasteiger partial charge in [-0.2, -0.15) is 0 Å². The summed E-state index contributed by atoms with van der Waals surface area (Å²) in [6.45, 7) is 0.437. The highest BCUT2D eigenvalue weighted by Crippen LogP contribution is 2.49. The second-order valence-electron chi connectivity index (χ2n) is 8.09. The molecule has 0 N–H and O–H groups in total. The van der Waals surface area contributed by atoms with Crippen LogP contribution in [0.3, 0.4) is 0 Å². The predicted molar refractivity (Wildman–Crippen MR) is 106 cm³/mol. The fourth-order valence-corrected chi connectivity index (χ4v) is 5.42. The van der Waals surface area contributed by atoms with E-state index in [1.807, 2.05) is 18.2 Å². The number of ether oxygens (including phenoxy) is 1. The van der Waals surface area contributed by atoms with Crippen molar-refractivity contribution in [3.63, 3.8) is 0 Å². The number of rotatable bonds is 6. The summed E-state index contributed by atoms with van der Waals surface area (Å²) in [5.41, 5.74) is 11.1. The standard InChI is InChI=1S/C20H20Cl2N4O2/c21-14-2-1-3-15(22)18(14)19-13(20(28-25-19)10-4-5-10)9-27-17-8-11-6-12(17)7-16(11)24-26-23/h1-3,10-12,16-17H,4-9H2/t11-,12-,16?,17?/m0/s1. The van der Waals surface area contributed by atoms with Gasteiger partial charge >= 0.3 is 0 Å². The minimum atomic E-state index is 0.130. The van der Waals surface area contributed by atoms with E-state index >= 15 is 0 Å². The van der Waals surface area contributed by atoms with Crippen molar-refractivity contribution in [2.45, 2.75) is 56.8 Å². The molecule has 8 heteroatoms. The highest BCUT2D eigenvalue weighted by Gasteiger charge is 2.46. The van der Waals surface area contributed by atoms with Gasteiger partial charge in [0.1, 0.15) is 11.5 Å². The van der Waals surface area contributed by atoms with Gasteiger partial charge in [0, 0.05) is 28.0 Å². The lowest BCUT2D eigenvalue weighted by molar-refractivity contribution is 0.00226. The Bertz CT molecular complexity index is 931. The Labute approximate surface area is 172 Å². The van der Waals surface area contributed by atoms with Gasteiger partial charge in [0.25, 0.3) is 0 Å². The summed E-state index contributed by atoms with van der Waals surface area (Å²) in [7, 11) is 0. The van der Waals surface area contributed by atoms with Crippen LogP contribution in [-0.2, 0) is 11.3 Å². The maximum absolute atomic E-state index is 8.71. The molecule has 2 unspecified atom stereocenters. The fourth-order valence-electron chi connectivity index (χ4n) is 4.84. The van der Waals surface area contributed by atoms with Crippen LogP contribution < -0.4 is 0 Å². The molecule has 3 saturated carbocycles. The molecule has 1 aromatic carbocycles. The molecular weight excluding hydrogens is 399 g/mol. The monoisotopic (exact) mass is 418 g/mol. The maximum Gasteiger partial charge on any atom is 0.145 e. The number of hydrogen-bond acceptors (Lipinski definition) is 4. The summed E-state index contributed by atoms with van der Waals surface area (Å²) in [6, 6.07) is 5.57. The van der Waals surface area contributed by atoms with Crippen LogP contribution in [0.15, 0.2) is 27.8 Å². The second-order valence-corrected chi connectivity index (χ2v) is 8.91. The highest BCUT2D eigenvalue weighted by atomic mass is 35.5. The van der Waals surface area contributed by atoms with E-state index < -0.39 is 0 Å². The minimum absolute atomic E-state index is 0.130. The van der Waals surface area contributed by atoms with Gasteiger partial charge < -0.3 is 9.26 Å². The van der Waals surface area contributed by atoms with Crippen molar-refractivity contribution >= 4 is 23.2 Å². The van der Waals surface area contributed by atoms with E-state index in [-0.39, 0.29) is 12.1 Å². The third kappa shape index (κ3) is 3.18. The van der Waals surface area contributed by atoms with Gasteiger partial charge in [-0.1, -0.05) is 39.5 Å². The number of halogens is 2. The Morgan fingerprint density at radius 1 is 1.18 bits per heavy atom. The van der Waals surface area contributed by atoms with Crippen molar-refractivity contribution in [3.05, 3.63) is 50.0 Å². The van der Waals surface area contributed by atoms with Crippen LogP contribution in [0, 0.1) is 11.8 Å². The molecule has 3 aliphatic carbocycles. The van der Waals surface area contributed by atoms with Gasteiger partial charge in [-0.05, 0) is 61.6 Å². The predicted octanol–water partition coefficient (Wildman–Crippen LogP) is 6.52. The van der Waals surface area contributed by atoms with E-state index in [4.69, 9.17) is 38.0 Å². The van der Waals surface area contributed by atoms with E-state index in [0.717, 1.165) is 43.4 Å². The third-order valence-electron chi connectivity index (χ3n) is 6.36. The summed E-state index contributed by atoms with van der Waals surface area (Å²) in [5, 5.41) is 9.37. The summed E-state index contributed by atoms with van der Waals surface area (Å²) < 4.78 is 12.1. The van der Waals surface area contributed by atoms with Crippen molar-refractivity contribution in [3.8, 4) is 11.3 Å². The van der Waals surface area contributed by atoms with Crippen LogP contribution in [0.2, 0.25) is 10.0 Å². The largest absolute Gasteiger partial charge is 0.373 e. The molecule has 0 aliphatic heterocycles. The molecule has 2 bridgehead atoms. The first-order chi connectivity index (χ1) is 13.7. The van der Waals surface area contributed by atoms with Gasteiger partial charge in [-0.3, -0.25) is 0 Å². The fraction of sp³-hybridized carbons (Fsp3) is 0.550. The normalized spacial score (nSPS) is 28.5. The molecule has 1 aromatic heterocycles. The Balaban J connectivity index is 1.38. The number of azide groups is 1. The first-order valence-electron chi connectivity index (χ1n) is 9.74. The molecule has 6 nitrogen and oxygen atoms in total. The average molecular weight is 419 g/mol. The van der Waals surface area contributed by atoms with Gasteiger partial charge in [-0.25, -0.2) is 0 Å². The van der Waals surface area contributed by atoms with Crippen LogP contribution in [-0.4, -0.2) is 17.3 Å².